The minimum Gasteiger partial charge on any atom is -0.375 e. The highest BCUT2D eigenvalue weighted by molar-refractivity contribution is 4.94. The second kappa shape index (κ2) is 5.68. The van der Waals surface area contributed by atoms with Crippen LogP contribution in [0.25, 0.3) is 0 Å². The summed E-state index contributed by atoms with van der Waals surface area (Å²) in [6.07, 6.45) is 7.51. The monoisotopic (exact) mass is 240 g/mol. The molecule has 0 aromatic rings. The van der Waals surface area contributed by atoms with E-state index in [1.54, 1.807) is 0 Å². The van der Waals surface area contributed by atoms with Crippen LogP contribution in [0.1, 0.15) is 52.9 Å². The van der Waals surface area contributed by atoms with E-state index in [0.29, 0.717) is 30.1 Å². The summed E-state index contributed by atoms with van der Waals surface area (Å²) in [6.45, 7) is 6.71. The van der Waals surface area contributed by atoms with Crippen molar-refractivity contribution >= 4 is 0 Å². The number of hydrazine groups is 1. The highest BCUT2D eigenvalue weighted by Gasteiger charge is 2.43. The first-order valence-corrected chi connectivity index (χ1v) is 7.26. The third-order valence-corrected chi connectivity index (χ3v) is 5.08. The molecule has 3 heteroatoms. The van der Waals surface area contributed by atoms with Crippen molar-refractivity contribution < 1.29 is 4.74 Å². The summed E-state index contributed by atoms with van der Waals surface area (Å²) in [4.78, 5) is 0. The molecule has 1 aliphatic heterocycles. The Hall–Kier alpha value is -0.120. The molecule has 1 saturated carbocycles. The van der Waals surface area contributed by atoms with E-state index in [1.165, 1.54) is 32.1 Å². The maximum Gasteiger partial charge on any atom is 0.0597 e. The maximum atomic E-state index is 5.96. The number of rotatable bonds is 3. The van der Waals surface area contributed by atoms with Crippen LogP contribution in [0.4, 0.5) is 0 Å². The van der Waals surface area contributed by atoms with Gasteiger partial charge < -0.3 is 4.74 Å². The van der Waals surface area contributed by atoms with Gasteiger partial charge in [0.05, 0.1) is 12.2 Å². The molecular weight excluding hydrogens is 212 g/mol. The predicted octanol–water partition coefficient (Wildman–Crippen LogP) is 2.46. The molecule has 2 fully saturated rings. The molecule has 1 aliphatic carbocycles. The van der Waals surface area contributed by atoms with E-state index in [1.807, 2.05) is 0 Å². The van der Waals surface area contributed by atoms with Crippen LogP contribution >= 0.6 is 0 Å². The minimum atomic E-state index is 0.336. The number of nitrogens with one attached hydrogen (secondary N) is 1. The molecule has 1 heterocycles. The Morgan fingerprint density at radius 3 is 2.18 bits per heavy atom. The van der Waals surface area contributed by atoms with Crippen LogP contribution in [0.5, 0.6) is 0 Å². The van der Waals surface area contributed by atoms with Crippen LogP contribution in [-0.2, 0) is 4.74 Å². The van der Waals surface area contributed by atoms with Gasteiger partial charge in [0, 0.05) is 12.0 Å². The molecule has 0 spiro atoms. The van der Waals surface area contributed by atoms with Gasteiger partial charge in [0.2, 0.25) is 0 Å². The molecular formula is C14H28N2O. The molecule has 2 aliphatic rings. The van der Waals surface area contributed by atoms with Gasteiger partial charge in [-0.05, 0) is 38.5 Å². The average molecular weight is 240 g/mol. The van der Waals surface area contributed by atoms with Crippen molar-refractivity contribution in [3.63, 3.8) is 0 Å². The smallest absolute Gasteiger partial charge is 0.0597 e. The molecule has 3 N–H and O–H groups in total. The lowest BCUT2D eigenvalue weighted by molar-refractivity contribution is 0.0427. The summed E-state index contributed by atoms with van der Waals surface area (Å²) in [6, 6.07) is 0.435. The molecule has 3 nitrogen and oxygen atoms in total. The van der Waals surface area contributed by atoms with Gasteiger partial charge >= 0.3 is 0 Å². The van der Waals surface area contributed by atoms with E-state index in [9.17, 15) is 0 Å². The summed E-state index contributed by atoms with van der Waals surface area (Å²) >= 11 is 0. The Morgan fingerprint density at radius 2 is 1.71 bits per heavy atom. The van der Waals surface area contributed by atoms with Crippen LogP contribution in [0.3, 0.4) is 0 Å². The predicted molar refractivity (Wildman–Crippen MR) is 70.3 cm³/mol. The van der Waals surface area contributed by atoms with Gasteiger partial charge in [0.1, 0.15) is 0 Å². The van der Waals surface area contributed by atoms with Gasteiger partial charge in [-0.25, -0.2) is 0 Å². The van der Waals surface area contributed by atoms with E-state index in [4.69, 9.17) is 10.6 Å². The van der Waals surface area contributed by atoms with Crippen molar-refractivity contribution in [2.75, 3.05) is 0 Å². The van der Waals surface area contributed by atoms with Crippen LogP contribution in [-0.4, -0.2) is 18.2 Å². The number of nitrogens with two attached hydrogens (primary N) is 1. The summed E-state index contributed by atoms with van der Waals surface area (Å²) in [5.41, 5.74) is 3.12. The van der Waals surface area contributed by atoms with Gasteiger partial charge in [-0.3, -0.25) is 11.3 Å². The molecule has 0 amide bonds. The number of hydrogen-bond donors (Lipinski definition) is 2. The molecule has 0 aromatic carbocycles. The quantitative estimate of drug-likeness (QED) is 0.588. The molecule has 100 valence electrons. The summed E-state index contributed by atoms with van der Waals surface area (Å²) in [5, 5.41) is 0. The Bertz CT molecular complexity index is 240. The van der Waals surface area contributed by atoms with Crippen LogP contribution in [0, 0.1) is 17.8 Å². The van der Waals surface area contributed by atoms with Crippen molar-refractivity contribution in [1.82, 2.24) is 5.43 Å². The molecule has 0 aromatic heterocycles. The Balaban J connectivity index is 2.06. The topological polar surface area (TPSA) is 47.3 Å². The fourth-order valence-electron chi connectivity index (χ4n) is 3.97. The third-order valence-electron chi connectivity index (χ3n) is 5.08. The van der Waals surface area contributed by atoms with E-state index >= 15 is 0 Å². The van der Waals surface area contributed by atoms with Crippen LogP contribution < -0.4 is 11.3 Å². The first-order chi connectivity index (χ1) is 8.15. The van der Waals surface area contributed by atoms with Gasteiger partial charge in [-0.2, -0.15) is 0 Å². The molecule has 0 radical (unpaired) electrons. The third kappa shape index (κ3) is 2.67. The lowest BCUT2D eigenvalue weighted by Gasteiger charge is -2.36. The zero-order chi connectivity index (χ0) is 12.4. The first kappa shape index (κ1) is 13.3. The largest absolute Gasteiger partial charge is 0.375 e. The zero-order valence-electron chi connectivity index (χ0n) is 11.5. The van der Waals surface area contributed by atoms with Crippen molar-refractivity contribution in [1.29, 1.82) is 0 Å². The summed E-state index contributed by atoms with van der Waals surface area (Å²) < 4.78 is 5.96. The minimum absolute atomic E-state index is 0.336. The second-order valence-corrected chi connectivity index (χ2v) is 6.07. The van der Waals surface area contributed by atoms with Gasteiger partial charge in [0.15, 0.2) is 0 Å². The Morgan fingerprint density at radius 1 is 1.06 bits per heavy atom. The van der Waals surface area contributed by atoms with E-state index in [-0.39, 0.29) is 0 Å². The van der Waals surface area contributed by atoms with Crippen molar-refractivity contribution in [2.45, 2.75) is 71.1 Å². The first-order valence-electron chi connectivity index (χ1n) is 7.26. The number of ether oxygens (including phenoxy) is 1. The SMILES string of the molecule is CC1OC(C)C(C(NN)C2CCCCC2)C1C. The summed E-state index contributed by atoms with van der Waals surface area (Å²) in [5.74, 6) is 7.77. The fourth-order valence-corrected chi connectivity index (χ4v) is 3.97. The Labute approximate surface area is 105 Å². The van der Waals surface area contributed by atoms with Crippen LogP contribution in [0.2, 0.25) is 0 Å². The highest BCUT2D eigenvalue weighted by Crippen LogP contribution is 2.39. The van der Waals surface area contributed by atoms with E-state index < -0.39 is 0 Å². The van der Waals surface area contributed by atoms with Crippen molar-refractivity contribution in [2.24, 2.45) is 23.6 Å². The number of hydrogen-bond acceptors (Lipinski definition) is 3. The van der Waals surface area contributed by atoms with E-state index in [2.05, 4.69) is 26.2 Å². The van der Waals surface area contributed by atoms with E-state index in [0.717, 1.165) is 5.92 Å². The highest BCUT2D eigenvalue weighted by atomic mass is 16.5. The lowest BCUT2D eigenvalue weighted by atomic mass is 9.73. The molecule has 0 bridgehead atoms. The normalized spacial score (nSPS) is 41.6. The van der Waals surface area contributed by atoms with Gasteiger partial charge in [0.25, 0.3) is 0 Å². The average Bonchev–Trinajstić information content (AvgIpc) is 2.58. The molecule has 1 saturated heterocycles. The van der Waals surface area contributed by atoms with Crippen LogP contribution in [0.15, 0.2) is 0 Å². The summed E-state index contributed by atoms with van der Waals surface area (Å²) in [7, 11) is 0. The zero-order valence-corrected chi connectivity index (χ0v) is 11.5. The second-order valence-electron chi connectivity index (χ2n) is 6.07. The fraction of sp³-hybridized carbons (Fsp3) is 1.00. The van der Waals surface area contributed by atoms with Gasteiger partial charge in [-0.15, -0.1) is 0 Å². The molecule has 2 rings (SSSR count). The lowest BCUT2D eigenvalue weighted by Crippen LogP contribution is -2.50. The van der Waals surface area contributed by atoms with Crippen molar-refractivity contribution in [3.8, 4) is 0 Å². The Kier molecular flexibility index (Phi) is 4.45. The standard InChI is InChI=1S/C14H28N2O/c1-9-10(2)17-11(3)13(9)14(16-15)12-7-5-4-6-8-12/h9-14,16H,4-8,15H2,1-3H3. The van der Waals surface area contributed by atoms with Crippen molar-refractivity contribution in [3.05, 3.63) is 0 Å². The maximum absolute atomic E-state index is 5.96. The molecule has 17 heavy (non-hydrogen) atoms. The molecule has 5 atom stereocenters. The van der Waals surface area contributed by atoms with Gasteiger partial charge in [-0.1, -0.05) is 26.2 Å². The molecule has 5 unspecified atom stereocenters.